The second kappa shape index (κ2) is 12.0. The summed E-state index contributed by atoms with van der Waals surface area (Å²) in [5, 5.41) is 14.0. The maximum Gasteiger partial charge on any atom is 0.257 e. The number of anilines is 1. The van der Waals surface area contributed by atoms with Crippen molar-refractivity contribution in [2.45, 2.75) is 57.0 Å². The van der Waals surface area contributed by atoms with Gasteiger partial charge in [-0.2, -0.15) is 0 Å². The molecule has 7 heterocycles. The number of carbonyl (C=O) groups excluding carboxylic acids is 1. The number of aryl methyl sites for hydroxylation is 1. The SMILES string of the molecule is COc1c(F)ccc2c1CC[C@@H]2Nc1nccc2cc(-c3c4c(nc(C[C@@H]5COc6cc(Cl)ccc65)c3-c3nnc(C)o3)[C@@H]3CCCN3C4=O)sc12. The van der Waals surface area contributed by atoms with Crippen molar-refractivity contribution in [3.8, 4) is 33.4 Å². The van der Waals surface area contributed by atoms with Crippen LogP contribution in [0.5, 0.6) is 11.5 Å². The lowest BCUT2D eigenvalue weighted by atomic mass is 9.89. The monoisotopic (exact) mass is 734 g/mol. The Morgan fingerprint density at radius 2 is 1.98 bits per heavy atom. The second-order valence-electron chi connectivity index (χ2n) is 13.8. The molecule has 0 spiro atoms. The summed E-state index contributed by atoms with van der Waals surface area (Å²) < 4.78 is 33.2. The van der Waals surface area contributed by atoms with Crippen LogP contribution in [0.4, 0.5) is 10.2 Å². The van der Waals surface area contributed by atoms with E-state index in [1.807, 2.05) is 35.2 Å². The first kappa shape index (κ1) is 31.6. The van der Waals surface area contributed by atoms with Gasteiger partial charge in [0.15, 0.2) is 11.6 Å². The van der Waals surface area contributed by atoms with Crippen LogP contribution in [0.15, 0.2) is 53.1 Å². The number of amides is 1. The van der Waals surface area contributed by atoms with Crippen molar-refractivity contribution >= 4 is 44.7 Å². The minimum Gasteiger partial charge on any atom is -0.493 e. The molecule has 0 saturated carbocycles. The summed E-state index contributed by atoms with van der Waals surface area (Å²) in [6.07, 6.45) is 5.60. The van der Waals surface area contributed by atoms with Crippen LogP contribution < -0.4 is 14.8 Å². The van der Waals surface area contributed by atoms with Gasteiger partial charge in [-0.3, -0.25) is 9.78 Å². The number of hydrogen-bond donors (Lipinski definition) is 1. The fourth-order valence-corrected chi connectivity index (χ4v) is 9.92. The molecule has 0 bridgehead atoms. The number of aromatic nitrogens is 4. The molecule has 2 aromatic carbocycles. The van der Waals surface area contributed by atoms with Gasteiger partial charge in [-0.1, -0.05) is 23.7 Å². The number of benzene rings is 2. The molecule has 3 atom stereocenters. The van der Waals surface area contributed by atoms with Crippen molar-refractivity contribution < 1.29 is 23.1 Å². The molecule has 10 nitrogen and oxygen atoms in total. The van der Waals surface area contributed by atoms with Crippen LogP contribution in [0.25, 0.3) is 32.0 Å². The number of nitrogens with one attached hydrogen (secondary N) is 1. The number of halogens is 2. The Hall–Kier alpha value is -5.07. The number of nitrogens with zero attached hydrogens (tertiary/aromatic N) is 5. The minimum atomic E-state index is -0.356. The van der Waals surface area contributed by atoms with Crippen molar-refractivity contribution in [1.29, 1.82) is 0 Å². The fourth-order valence-electron chi connectivity index (χ4n) is 8.59. The zero-order valence-corrected chi connectivity index (χ0v) is 29.9. The zero-order valence-electron chi connectivity index (χ0n) is 28.3. The number of methoxy groups -OCH3 is 1. The van der Waals surface area contributed by atoms with E-state index in [1.165, 1.54) is 13.2 Å². The molecule has 10 rings (SSSR count). The molecule has 262 valence electrons. The van der Waals surface area contributed by atoms with Gasteiger partial charge in [-0.05, 0) is 67.0 Å². The summed E-state index contributed by atoms with van der Waals surface area (Å²) in [5.74, 6) is 2.18. The lowest BCUT2D eigenvalue weighted by molar-refractivity contribution is 0.0776. The third-order valence-electron chi connectivity index (χ3n) is 10.9. The van der Waals surface area contributed by atoms with E-state index in [0.29, 0.717) is 59.7 Å². The highest BCUT2D eigenvalue weighted by Crippen LogP contribution is 2.51. The Bertz CT molecular complexity index is 2470. The predicted molar refractivity (Wildman–Crippen MR) is 195 cm³/mol. The van der Waals surface area contributed by atoms with Crippen molar-refractivity contribution in [1.82, 2.24) is 25.1 Å². The molecule has 1 aliphatic carbocycles. The fraction of sp³-hybridized carbons (Fsp3) is 0.308. The van der Waals surface area contributed by atoms with Gasteiger partial charge in [0.05, 0.1) is 53.0 Å². The highest BCUT2D eigenvalue weighted by Gasteiger charge is 2.45. The molecule has 0 radical (unpaired) electrons. The van der Waals surface area contributed by atoms with E-state index in [9.17, 15) is 9.18 Å². The largest absolute Gasteiger partial charge is 0.493 e. The van der Waals surface area contributed by atoms with Gasteiger partial charge in [0, 0.05) is 58.6 Å². The number of thiophene rings is 1. The van der Waals surface area contributed by atoms with Gasteiger partial charge in [-0.15, -0.1) is 21.5 Å². The van der Waals surface area contributed by atoms with Crippen LogP contribution in [-0.2, 0) is 12.8 Å². The quantitative estimate of drug-likeness (QED) is 0.172. The Morgan fingerprint density at radius 3 is 2.83 bits per heavy atom. The molecule has 4 aromatic heterocycles. The van der Waals surface area contributed by atoms with E-state index in [4.69, 9.17) is 35.5 Å². The predicted octanol–water partition coefficient (Wildman–Crippen LogP) is 8.63. The molecule has 1 fully saturated rings. The maximum atomic E-state index is 14.5. The van der Waals surface area contributed by atoms with Crippen molar-refractivity contribution in [2.24, 2.45) is 0 Å². The van der Waals surface area contributed by atoms with Gasteiger partial charge < -0.3 is 24.1 Å². The molecular formula is C39H32ClFN6O4S. The minimum absolute atomic E-state index is 0.00835. The molecule has 13 heteroatoms. The van der Waals surface area contributed by atoms with Crippen molar-refractivity contribution in [3.63, 3.8) is 0 Å². The average Bonchev–Trinajstić information content (AvgIpc) is 3.99. The summed E-state index contributed by atoms with van der Waals surface area (Å²) in [4.78, 5) is 27.3. The van der Waals surface area contributed by atoms with Crippen molar-refractivity contribution in [2.75, 3.05) is 25.6 Å². The van der Waals surface area contributed by atoms with Crippen LogP contribution in [0.3, 0.4) is 0 Å². The van der Waals surface area contributed by atoms with Gasteiger partial charge in [0.25, 0.3) is 5.91 Å². The van der Waals surface area contributed by atoms with Crippen LogP contribution in [-0.4, -0.2) is 51.2 Å². The van der Waals surface area contributed by atoms with E-state index < -0.39 is 0 Å². The van der Waals surface area contributed by atoms with E-state index >= 15 is 0 Å². The number of carbonyl (C=O) groups is 1. The van der Waals surface area contributed by atoms with E-state index in [1.54, 1.807) is 24.5 Å². The van der Waals surface area contributed by atoms with Gasteiger partial charge in [0.2, 0.25) is 11.8 Å². The molecular weight excluding hydrogens is 703 g/mol. The lowest BCUT2D eigenvalue weighted by Crippen LogP contribution is -2.22. The average molecular weight is 735 g/mol. The molecule has 1 N–H and O–H groups in total. The summed E-state index contributed by atoms with van der Waals surface area (Å²) in [6, 6.07) is 13.0. The first-order valence-electron chi connectivity index (χ1n) is 17.5. The highest BCUT2D eigenvalue weighted by atomic mass is 35.5. The lowest BCUT2D eigenvalue weighted by Gasteiger charge is -2.18. The number of rotatable bonds is 7. The van der Waals surface area contributed by atoms with Gasteiger partial charge >= 0.3 is 0 Å². The van der Waals surface area contributed by atoms with Gasteiger partial charge in [0.1, 0.15) is 11.6 Å². The smallest absolute Gasteiger partial charge is 0.257 e. The van der Waals surface area contributed by atoms with Crippen LogP contribution in [0.1, 0.15) is 81.6 Å². The second-order valence-corrected chi connectivity index (χ2v) is 15.3. The van der Waals surface area contributed by atoms with E-state index in [-0.39, 0.29) is 29.7 Å². The summed E-state index contributed by atoms with van der Waals surface area (Å²) >= 11 is 7.87. The Balaban J connectivity index is 1.14. The summed E-state index contributed by atoms with van der Waals surface area (Å²) in [6.45, 7) is 2.93. The van der Waals surface area contributed by atoms with Crippen LogP contribution in [0.2, 0.25) is 5.02 Å². The third kappa shape index (κ3) is 4.83. The topological polar surface area (TPSA) is 116 Å². The first-order valence-corrected chi connectivity index (χ1v) is 18.7. The zero-order chi connectivity index (χ0) is 35.2. The molecule has 3 aliphatic heterocycles. The van der Waals surface area contributed by atoms with Crippen molar-refractivity contribution in [3.05, 3.63) is 99.0 Å². The molecule has 1 saturated heterocycles. The molecule has 1 amide bonds. The summed E-state index contributed by atoms with van der Waals surface area (Å²) in [7, 11) is 1.51. The number of ether oxygens (including phenoxy) is 2. The first-order chi connectivity index (χ1) is 25.4. The van der Waals surface area contributed by atoms with Crippen LogP contribution in [0, 0.1) is 12.7 Å². The molecule has 4 aliphatic rings. The number of hydrogen-bond acceptors (Lipinski definition) is 10. The Morgan fingerprint density at radius 1 is 1.10 bits per heavy atom. The number of pyridine rings is 2. The maximum absolute atomic E-state index is 14.5. The standard InChI is InChI=1S/C39H32ClFN6O4S/c1-18-45-46-38(51-18)31-27(14-20-17-50-29-16-21(40)5-6-22(20)29)43-34-28-4-3-13-47(28)39(48)33(34)32(31)30-15-19-11-12-42-37(36(19)52-30)44-26-10-8-24-23(26)7-9-25(41)35(24)49-2/h5-7,9,11-12,15-16,20,26,28H,3-4,8,10,13-14,17H2,1-2H3,(H,42,44)/t20-,26+,28+/m1/s1. The molecule has 52 heavy (non-hydrogen) atoms. The normalized spacial score (nSPS) is 19.9. The number of fused-ring (bicyclic) bond motifs is 6. The molecule has 6 aromatic rings. The van der Waals surface area contributed by atoms with E-state index in [2.05, 4.69) is 21.6 Å². The Labute approximate surface area is 307 Å². The van der Waals surface area contributed by atoms with Crippen LogP contribution >= 0.6 is 22.9 Å². The van der Waals surface area contributed by atoms with Gasteiger partial charge in [-0.25, -0.2) is 9.37 Å². The van der Waals surface area contributed by atoms with E-state index in [0.717, 1.165) is 79.4 Å². The summed E-state index contributed by atoms with van der Waals surface area (Å²) in [5.41, 5.74) is 6.58. The third-order valence-corrected chi connectivity index (χ3v) is 12.3. The highest BCUT2D eigenvalue weighted by molar-refractivity contribution is 7.23. The Kier molecular flexibility index (Phi) is 7.30. The molecule has 0 unspecified atom stereocenters.